The molecule has 3 heterocycles. The molecule has 0 saturated heterocycles. The Morgan fingerprint density at radius 2 is 2.10 bits per heavy atom. The first-order valence-corrected chi connectivity index (χ1v) is 10.5. The van der Waals surface area contributed by atoms with Gasteiger partial charge in [0.15, 0.2) is 5.52 Å². The molecule has 0 amide bonds. The Bertz CT molecular complexity index is 1410. The zero-order valence-corrected chi connectivity index (χ0v) is 17.8. The van der Waals surface area contributed by atoms with Gasteiger partial charge in [0.25, 0.3) is 5.56 Å². The largest absolute Gasteiger partial charge is 0.487 e. The average molecular weight is 486 g/mol. The van der Waals surface area contributed by atoms with Crippen LogP contribution >= 0.6 is 15.9 Å². The summed E-state index contributed by atoms with van der Waals surface area (Å²) in [5, 5.41) is 4.37. The first-order chi connectivity index (χ1) is 15.0. The molecule has 0 atom stereocenters. The predicted octanol–water partition coefficient (Wildman–Crippen LogP) is 3.16. The van der Waals surface area contributed by atoms with Crippen molar-refractivity contribution in [2.24, 2.45) is 5.92 Å². The fraction of sp³-hybridized carbons (Fsp3) is 0.238. The summed E-state index contributed by atoms with van der Waals surface area (Å²) in [4.78, 5) is 32.5. The lowest BCUT2D eigenvalue weighted by atomic mass is 10.3. The topological polar surface area (TPSA) is 94.8 Å². The van der Waals surface area contributed by atoms with E-state index in [2.05, 4.69) is 31.0 Å². The Morgan fingerprint density at radius 1 is 1.26 bits per heavy atom. The molecule has 5 rings (SSSR count). The van der Waals surface area contributed by atoms with E-state index in [1.54, 1.807) is 23.0 Å². The molecule has 4 aromatic rings. The fourth-order valence-electron chi connectivity index (χ4n) is 3.35. The van der Waals surface area contributed by atoms with Crippen LogP contribution in [-0.4, -0.2) is 24.3 Å². The van der Waals surface area contributed by atoms with Gasteiger partial charge in [-0.2, -0.15) is 5.10 Å². The van der Waals surface area contributed by atoms with E-state index in [1.165, 1.54) is 24.4 Å². The second-order valence-electron chi connectivity index (χ2n) is 7.46. The van der Waals surface area contributed by atoms with Crippen molar-refractivity contribution < 1.29 is 9.13 Å². The van der Waals surface area contributed by atoms with Gasteiger partial charge in [0.05, 0.1) is 11.2 Å². The van der Waals surface area contributed by atoms with Crippen LogP contribution in [0.15, 0.2) is 56.8 Å². The number of benzene rings is 1. The SMILES string of the molecule is O=c1[nH]c2cn(CC3CC3)nc2c(=O)n1-c1cc(OCc2ncccc2F)ccc1Br. The Labute approximate surface area is 183 Å². The summed E-state index contributed by atoms with van der Waals surface area (Å²) < 4.78 is 22.7. The first kappa shape index (κ1) is 19.7. The maximum absolute atomic E-state index is 13.8. The minimum atomic E-state index is -0.586. The molecule has 158 valence electrons. The highest BCUT2D eigenvalue weighted by molar-refractivity contribution is 9.10. The number of pyridine rings is 1. The normalized spacial score (nSPS) is 13.6. The predicted molar refractivity (Wildman–Crippen MR) is 115 cm³/mol. The van der Waals surface area contributed by atoms with Gasteiger partial charge in [0.2, 0.25) is 0 Å². The van der Waals surface area contributed by atoms with Crippen molar-refractivity contribution in [3.63, 3.8) is 0 Å². The van der Waals surface area contributed by atoms with Crippen LogP contribution in [0.2, 0.25) is 0 Å². The van der Waals surface area contributed by atoms with E-state index in [0.717, 1.165) is 24.0 Å². The number of H-pyrrole nitrogens is 1. The van der Waals surface area contributed by atoms with Crippen LogP contribution in [0.4, 0.5) is 4.39 Å². The molecular formula is C21H17BrFN5O3. The van der Waals surface area contributed by atoms with Gasteiger partial charge in [0, 0.05) is 29.5 Å². The zero-order valence-electron chi connectivity index (χ0n) is 16.2. The van der Waals surface area contributed by atoms with E-state index in [4.69, 9.17) is 4.74 Å². The summed E-state index contributed by atoms with van der Waals surface area (Å²) in [5.74, 6) is 0.462. The first-order valence-electron chi connectivity index (χ1n) is 9.74. The number of rotatable bonds is 6. The molecule has 1 fully saturated rings. The highest BCUT2D eigenvalue weighted by atomic mass is 79.9. The quantitative estimate of drug-likeness (QED) is 0.452. The molecule has 8 nitrogen and oxygen atoms in total. The van der Waals surface area contributed by atoms with E-state index >= 15 is 0 Å². The van der Waals surface area contributed by atoms with Crippen molar-refractivity contribution in [3.05, 3.63) is 79.5 Å². The van der Waals surface area contributed by atoms with Crippen LogP contribution in [0.5, 0.6) is 5.75 Å². The number of halogens is 2. The highest BCUT2D eigenvalue weighted by Gasteiger charge is 2.23. The van der Waals surface area contributed by atoms with Crippen LogP contribution in [0.1, 0.15) is 18.5 Å². The number of fused-ring (bicyclic) bond motifs is 1. The summed E-state index contributed by atoms with van der Waals surface area (Å²) >= 11 is 3.39. The Balaban J connectivity index is 1.51. The molecule has 1 aromatic carbocycles. The van der Waals surface area contributed by atoms with Crippen molar-refractivity contribution >= 4 is 27.0 Å². The van der Waals surface area contributed by atoms with Gasteiger partial charge >= 0.3 is 5.69 Å². The number of nitrogens with zero attached hydrogens (tertiary/aromatic N) is 4. The summed E-state index contributed by atoms with van der Waals surface area (Å²) in [7, 11) is 0. The second kappa shape index (κ2) is 7.77. The summed E-state index contributed by atoms with van der Waals surface area (Å²) in [6, 6.07) is 7.64. The van der Waals surface area contributed by atoms with Gasteiger partial charge in [-0.1, -0.05) is 0 Å². The van der Waals surface area contributed by atoms with E-state index in [9.17, 15) is 14.0 Å². The number of hydrogen-bond acceptors (Lipinski definition) is 5. The molecule has 10 heteroatoms. The third-order valence-corrected chi connectivity index (χ3v) is 5.79. The molecule has 0 spiro atoms. The minimum Gasteiger partial charge on any atom is -0.487 e. The molecule has 31 heavy (non-hydrogen) atoms. The van der Waals surface area contributed by atoms with Crippen LogP contribution in [0.25, 0.3) is 16.7 Å². The van der Waals surface area contributed by atoms with Gasteiger partial charge in [0.1, 0.15) is 23.9 Å². The van der Waals surface area contributed by atoms with Crippen molar-refractivity contribution in [1.29, 1.82) is 0 Å². The van der Waals surface area contributed by atoms with Gasteiger partial charge in [-0.05, 0) is 59.0 Å². The minimum absolute atomic E-state index is 0.0936. The molecular weight excluding hydrogens is 469 g/mol. The van der Waals surface area contributed by atoms with Crippen LogP contribution in [0.3, 0.4) is 0 Å². The lowest BCUT2D eigenvalue weighted by Gasteiger charge is -2.11. The highest BCUT2D eigenvalue weighted by Crippen LogP contribution is 2.30. The molecule has 3 aromatic heterocycles. The number of hydrogen-bond donors (Lipinski definition) is 1. The van der Waals surface area contributed by atoms with Crippen molar-refractivity contribution in [2.45, 2.75) is 26.0 Å². The summed E-state index contributed by atoms with van der Waals surface area (Å²) in [5.41, 5.74) is -0.0671. The molecule has 1 aliphatic carbocycles. The second-order valence-corrected chi connectivity index (χ2v) is 8.32. The average Bonchev–Trinajstić information content (AvgIpc) is 3.47. The van der Waals surface area contributed by atoms with Gasteiger partial charge in [-0.3, -0.25) is 14.5 Å². The molecule has 1 aliphatic rings. The number of nitrogens with one attached hydrogen (secondary N) is 1. The maximum Gasteiger partial charge on any atom is 0.333 e. The molecule has 0 unspecified atom stereocenters. The Morgan fingerprint density at radius 3 is 2.87 bits per heavy atom. The molecule has 1 N–H and O–H groups in total. The smallest absolute Gasteiger partial charge is 0.333 e. The van der Waals surface area contributed by atoms with Crippen LogP contribution < -0.4 is 16.0 Å². The number of aromatic nitrogens is 5. The zero-order chi connectivity index (χ0) is 21.5. The van der Waals surface area contributed by atoms with E-state index in [1.807, 2.05) is 0 Å². The van der Waals surface area contributed by atoms with Gasteiger partial charge in [-0.15, -0.1) is 0 Å². The summed E-state index contributed by atoms with van der Waals surface area (Å²) in [6.45, 7) is 0.636. The van der Waals surface area contributed by atoms with Gasteiger partial charge < -0.3 is 9.72 Å². The summed E-state index contributed by atoms with van der Waals surface area (Å²) in [6.07, 6.45) is 5.47. The Kier molecular flexibility index (Phi) is 4.93. The van der Waals surface area contributed by atoms with E-state index in [0.29, 0.717) is 27.3 Å². The number of aromatic amines is 1. The molecule has 0 bridgehead atoms. The third-order valence-electron chi connectivity index (χ3n) is 5.12. The molecule has 0 aliphatic heterocycles. The maximum atomic E-state index is 13.8. The standard InChI is InChI=1S/C21H17BrFN5O3/c22-14-6-5-13(31-11-17-15(23)2-1-7-24-17)8-18(14)28-20(29)19-16(25-21(28)30)10-27(26-19)9-12-3-4-12/h1-2,5-8,10,12H,3-4,9,11H2,(H,25,30). The van der Waals surface area contributed by atoms with Crippen molar-refractivity contribution in [1.82, 2.24) is 24.3 Å². The monoisotopic (exact) mass is 485 g/mol. The fourth-order valence-corrected chi connectivity index (χ4v) is 3.77. The lowest BCUT2D eigenvalue weighted by Crippen LogP contribution is -2.33. The van der Waals surface area contributed by atoms with E-state index in [-0.39, 0.29) is 17.8 Å². The molecule has 1 saturated carbocycles. The van der Waals surface area contributed by atoms with E-state index < -0.39 is 17.1 Å². The van der Waals surface area contributed by atoms with Crippen LogP contribution in [0, 0.1) is 11.7 Å². The van der Waals surface area contributed by atoms with Gasteiger partial charge in [-0.25, -0.2) is 13.8 Å². The van der Waals surface area contributed by atoms with Crippen LogP contribution in [-0.2, 0) is 13.2 Å². The van der Waals surface area contributed by atoms with Crippen molar-refractivity contribution in [3.8, 4) is 11.4 Å². The lowest BCUT2D eigenvalue weighted by molar-refractivity contribution is 0.294. The number of ether oxygens (including phenoxy) is 1. The third kappa shape index (κ3) is 3.90. The van der Waals surface area contributed by atoms with Crippen molar-refractivity contribution in [2.75, 3.05) is 0 Å². The molecule has 0 radical (unpaired) electrons. The Hall–Kier alpha value is -3.27.